The molecule has 0 aromatic rings. The second kappa shape index (κ2) is 13.2. The molecule has 1 radical (unpaired) electrons. The molecule has 0 aromatic heterocycles. The SMILES string of the molecule is [CH2]CCCCCCCCCCC(=O)OCC1CCCCC1. The highest BCUT2D eigenvalue weighted by atomic mass is 16.5. The molecule has 0 unspecified atom stereocenters. The Morgan fingerprint density at radius 2 is 1.43 bits per heavy atom. The van der Waals surface area contributed by atoms with Gasteiger partial charge in [-0.05, 0) is 25.2 Å². The summed E-state index contributed by atoms with van der Waals surface area (Å²) in [6.45, 7) is 4.53. The van der Waals surface area contributed by atoms with Crippen LogP contribution in [-0.4, -0.2) is 12.6 Å². The van der Waals surface area contributed by atoms with Crippen molar-refractivity contribution in [2.45, 2.75) is 96.3 Å². The van der Waals surface area contributed by atoms with Crippen molar-refractivity contribution in [3.63, 3.8) is 0 Å². The van der Waals surface area contributed by atoms with E-state index in [1.165, 1.54) is 77.0 Å². The molecule has 0 aromatic carbocycles. The van der Waals surface area contributed by atoms with Gasteiger partial charge in [-0.1, -0.05) is 77.6 Å². The zero-order valence-corrected chi connectivity index (χ0v) is 13.9. The van der Waals surface area contributed by atoms with E-state index in [0.29, 0.717) is 18.9 Å². The second-order valence-electron chi connectivity index (χ2n) is 6.62. The molecule has 0 saturated heterocycles. The molecule has 1 fully saturated rings. The van der Waals surface area contributed by atoms with Crippen LogP contribution in [0.25, 0.3) is 0 Å². The standard InChI is InChI=1S/C19H35O2/c1-2-3-4-5-6-7-8-9-13-16-19(20)21-17-18-14-11-10-12-15-18/h18H,1-17H2. The molecule has 2 heteroatoms. The first kappa shape index (κ1) is 18.5. The third kappa shape index (κ3) is 10.8. The zero-order valence-electron chi connectivity index (χ0n) is 13.9. The summed E-state index contributed by atoms with van der Waals surface area (Å²) in [6, 6.07) is 0. The van der Waals surface area contributed by atoms with Gasteiger partial charge in [0.25, 0.3) is 0 Å². The second-order valence-corrected chi connectivity index (χ2v) is 6.62. The summed E-state index contributed by atoms with van der Waals surface area (Å²) in [6.07, 6.45) is 18.2. The van der Waals surface area contributed by atoms with E-state index in [4.69, 9.17) is 4.74 Å². The number of hydrogen-bond donors (Lipinski definition) is 0. The lowest BCUT2D eigenvalue weighted by Gasteiger charge is -2.20. The largest absolute Gasteiger partial charge is 0.465 e. The van der Waals surface area contributed by atoms with E-state index in [2.05, 4.69) is 6.92 Å². The van der Waals surface area contributed by atoms with Crippen LogP contribution in [-0.2, 0) is 9.53 Å². The fraction of sp³-hybridized carbons (Fsp3) is 0.895. The van der Waals surface area contributed by atoms with Crippen LogP contribution in [0.2, 0.25) is 0 Å². The van der Waals surface area contributed by atoms with Gasteiger partial charge in [-0.2, -0.15) is 0 Å². The topological polar surface area (TPSA) is 26.3 Å². The number of hydrogen-bond acceptors (Lipinski definition) is 2. The number of unbranched alkanes of at least 4 members (excludes halogenated alkanes) is 8. The lowest BCUT2D eigenvalue weighted by Crippen LogP contribution is -2.16. The first-order valence-corrected chi connectivity index (χ1v) is 9.28. The molecule has 0 N–H and O–H groups in total. The maximum Gasteiger partial charge on any atom is 0.305 e. The highest BCUT2D eigenvalue weighted by Gasteiger charge is 2.15. The van der Waals surface area contributed by atoms with Gasteiger partial charge in [0.15, 0.2) is 0 Å². The number of rotatable bonds is 12. The van der Waals surface area contributed by atoms with E-state index in [1.807, 2.05) is 0 Å². The molecule has 0 heterocycles. The van der Waals surface area contributed by atoms with Crippen LogP contribution in [0.15, 0.2) is 0 Å². The first-order valence-electron chi connectivity index (χ1n) is 9.28. The molecule has 0 bridgehead atoms. The number of esters is 1. The molecule has 0 atom stereocenters. The number of ether oxygens (including phenoxy) is 1. The van der Waals surface area contributed by atoms with Gasteiger partial charge in [0.2, 0.25) is 0 Å². The molecule has 123 valence electrons. The van der Waals surface area contributed by atoms with Gasteiger partial charge in [-0.15, -0.1) is 0 Å². The van der Waals surface area contributed by atoms with Crippen molar-refractivity contribution in [3.8, 4) is 0 Å². The van der Waals surface area contributed by atoms with Gasteiger partial charge in [0.1, 0.15) is 0 Å². The normalized spacial score (nSPS) is 16.0. The minimum atomic E-state index is 0.0241. The van der Waals surface area contributed by atoms with Crippen molar-refractivity contribution >= 4 is 5.97 Å². The number of carbonyl (C=O) groups is 1. The fourth-order valence-corrected chi connectivity index (χ4v) is 3.14. The monoisotopic (exact) mass is 295 g/mol. The molecular weight excluding hydrogens is 260 g/mol. The summed E-state index contributed by atoms with van der Waals surface area (Å²) < 4.78 is 5.41. The molecule has 21 heavy (non-hydrogen) atoms. The van der Waals surface area contributed by atoms with Crippen LogP contribution in [0.4, 0.5) is 0 Å². The van der Waals surface area contributed by atoms with Gasteiger partial charge in [0.05, 0.1) is 6.61 Å². The Kier molecular flexibility index (Phi) is 11.6. The van der Waals surface area contributed by atoms with Gasteiger partial charge < -0.3 is 4.74 Å². The van der Waals surface area contributed by atoms with Crippen LogP contribution in [0.1, 0.15) is 96.3 Å². The molecule has 1 saturated carbocycles. The van der Waals surface area contributed by atoms with Crippen molar-refractivity contribution in [2.24, 2.45) is 5.92 Å². The molecule has 0 amide bonds. The summed E-state index contributed by atoms with van der Waals surface area (Å²) in [4.78, 5) is 11.7. The average Bonchev–Trinajstić information content (AvgIpc) is 2.52. The Bertz CT molecular complexity index is 244. The third-order valence-corrected chi connectivity index (χ3v) is 4.59. The summed E-state index contributed by atoms with van der Waals surface area (Å²) in [5, 5.41) is 0. The Labute approximate surface area is 132 Å². The van der Waals surface area contributed by atoms with E-state index in [1.54, 1.807) is 0 Å². The molecule has 1 rings (SSSR count). The molecular formula is C19H35O2. The fourth-order valence-electron chi connectivity index (χ4n) is 3.14. The van der Waals surface area contributed by atoms with Crippen LogP contribution in [0, 0.1) is 12.8 Å². The van der Waals surface area contributed by atoms with Crippen molar-refractivity contribution < 1.29 is 9.53 Å². The van der Waals surface area contributed by atoms with E-state index < -0.39 is 0 Å². The Morgan fingerprint density at radius 1 is 0.857 bits per heavy atom. The quantitative estimate of drug-likeness (QED) is 0.334. The van der Waals surface area contributed by atoms with Gasteiger partial charge in [0, 0.05) is 6.42 Å². The molecule has 1 aliphatic carbocycles. The van der Waals surface area contributed by atoms with E-state index in [0.717, 1.165) is 12.8 Å². The summed E-state index contributed by atoms with van der Waals surface area (Å²) in [5.74, 6) is 0.664. The predicted octanol–water partition coefficient (Wildman–Crippen LogP) is 5.84. The summed E-state index contributed by atoms with van der Waals surface area (Å²) in [7, 11) is 0. The first-order chi connectivity index (χ1) is 10.3. The van der Waals surface area contributed by atoms with Gasteiger partial charge in [-0.25, -0.2) is 0 Å². The Morgan fingerprint density at radius 3 is 2.05 bits per heavy atom. The zero-order chi connectivity index (χ0) is 15.2. The number of carbonyl (C=O) groups excluding carboxylic acids is 1. The minimum Gasteiger partial charge on any atom is -0.465 e. The van der Waals surface area contributed by atoms with Crippen molar-refractivity contribution in [1.29, 1.82) is 0 Å². The molecule has 0 aliphatic heterocycles. The molecule has 2 nitrogen and oxygen atoms in total. The lowest BCUT2D eigenvalue weighted by molar-refractivity contribution is -0.145. The average molecular weight is 295 g/mol. The van der Waals surface area contributed by atoms with Crippen LogP contribution in [0.3, 0.4) is 0 Å². The Balaban J connectivity index is 1.82. The molecule has 0 spiro atoms. The minimum absolute atomic E-state index is 0.0241. The highest BCUT2D eigenvalue weighted by molar-refractivity contribution is 5.69. The van der Waals surface area contributed by atoms with Crippen LogP contribution < -0.4 is 0 Å². The lowest BCUT2D eigenvalue weighted by atomic mass is 9.90. The predicted molar refractivity (Wildman–Crippen MR) is 89.1 cm³/mol. The maximum atomic E-state index is 11.7. The van der Waals surface area contributed by atoms with Crippen molar-refractivity contribution in [3.05, 3.63) is 6.92 Å². The smallest absolute Gasteiger partial charge is 0.305 e. The summed E-state index contributed by atoms with van der Waals surface area (Å²) in [5.41, 5.74) is 0. The van der Waals surface area contributed by atoms with E-state index in [9.17, 15) is 4.79 Å². The third-order valence-electron chi connectivity index (χ3n) is 4.59. The summed E-state index contributed by atoms with van der Waals surface area (Å²) >= 11 is 0. The maximum absolute atomic E-state index is 11.7. The van der Waals surface area contributed by atoms with E-state index >= 15 is 0 Å². The van der Waals surface area contributed by atoms with Crippen LogP contribution in [0.5, 0.6) is 0 Å². The molecule has 1 aliphatic rings. The highest BCUT2D eigenvalue weighted by Crippen LogP contribution is 2.23. The van der Waals surface area contributed by atoms with Crippen molar-refractivity contribution in [2.75, 3.05) is 6.61 Å². The van der Waals surface area contributed by atoms with Gasteiger partial charge in [-0.3, -0.25) is 4.79 Å². The Hall–Kier alpha value is -0.530. The van der Waals surface area contributed by atoms with Crippen LogP contribution >= 0.6 is 0 Å². The van der Waals surface area contributed by atoms with Crippen molar-refractivity contribution in [1.82, 2.24) is 0 Å². The van der Waals surface area contributed by atoms with E-state index in [-0.39, 0.29) is 5.97 Å². The van der Waals surface area contributed by atoms with Gasteiger partial charge >= 0.3 is 5.97 Å².